The van der Waals surface area contributed by atoms with E-state index in [1.165, 1.54) is 29.8 Å². The lowest BCUT2D eigenvalue weighted by Crippen LogP contribution is -2.29. The molecule has 0 spiro atoms. The number of rotatable bonds is 7. The lowest BCUT2D eigenvalue weighted by molar-refractivity contribution is -0.384. The van der Waals surface area contributed by atoms with Crippen LogP contribution >= 0.6 is 0 Å². The fourth-order valence-corrected chi connectivity index (χ4v) is 3.39. The molecule has 0 unspecified atom stereocenters. The molecule has 7 nitrogen and oxygen atoms in total. The van der Waals surface area contributed by atoms with E-state index in [-0.39, 0.29) is 24.6 Å². The summed E-state index contributed by atoms with van der Waals surface area (Å²) in [4.78, 5) is 22.6. The van der Waals surface area contributed by atoms with E-state index in [0.717, 1.165) is 22.1 Å². The number of non-ortho nitro benzene ring substituents is 1. The third kappa shape index (κ3) is 4.63. The first-order valence-corrected chi connectivity index (χ1v) is 9.46. The smallest absolute Gasteiger partial charge is 0.269 e. The molecule has 29 heavy (non-hydrogen) atoms. The molecule has 1 heterocycles. The maximum absolute atomic E-state index is 12.4. The Morgan fingerprint density at radius 1 is 1.24 bits per heavy atom. The van der Waals surface area contributed by atoms with E-state index in [1.54, 1.807) is 6.26 Å². The standard InChI is InChI=1S/C22H24N2O5/c1-13(2)18-10-19-16(12-29-21(19)8-14(18)3)9-22(26)23-11-20(25)15-4-6-17(7-5-15)24(27)28/h4-8,10,12-13,20,25H,9,11H2,1-3H3,(H,23,26)/t20-/m1/s1. The number of aliphatic hydroxyl groups excluding tert-OH is 1. The average Bonchev–Trinajstić information content (AvgIpc) is 3.06. The van der Waals surface area contributed by atoms with Gasteiger partial charge in [0.25, 0.3) is 5.69 Å². The number of nitrogens with zero attached hydrogens (tertiary/aromatic N) is 1. The molecular weight excluding hydrogens is 372 g/mol. The minimum absolute atomic E-state index is 0.0166. The van der Waals surface area contributed by atoms with Crippen LogP contribution in [0.2, 0.25) is 0 Å². The van der Waals surface area contributed by atoms with Gasteiger partial charge in [0.15, 0.2) is 0 Å². The highest BCUT2D eigenvalue weighted by atomic mass is 16.6. The molecule has 1 amide bonds. The van der Waals surface area contributed by atoms with E-state index in [2.05, 4.69) is 25.2 Å². The van der Waals surface area contributed by atoms with Crippen molar-refractivity contribution in [1.82, 2.24) is 5.32 Å². The fraction of sp³-hybridized carbons (Fsp3) is 0.318. The molecular formula is C22H24N2O5. The van der Waals surface area contributed by atoms with Gasteiger partial charge in [0, 0.05) is 29.6 Å². The molecule has 2 N–H and O–H groups in total. The summed E-state index contributed by atoms with van der Waals surface area (Å²) in [5, 5.41) is 24.5. The predicted octanol–water partition coefficient (Wildman–Crippen LogP) is 4.17. The van der Waals surface area contributed by atoms with Crippen LogP contribution in [0, 0.1) is 17.0 Å². The summed E-state index contributed by atoms with van der Waals surface area (Å²) >= 11 is 0. The number of nitrogens with one attached hydrogen (secondary N) is 1. The Balaban J connectivity index is 1.64. The molecule has 0 bridgehead atoms. The van der Waals surface area contributed by atoms with Crippen LogP contribution in [0.5, 0.6) is 0 Å². The first kappa shape index (κ1) is 20.5. The Morgan fingerprint density at radius 2 is 1.93 bits per heavy atom. The minimum Gasteiger partial charge on any atom is -0.464 e. The van der Waals surface area contributed by atoms with Crippen LogP contribution in [0.4, 0.5) is 5.69 Å². The third-order valence-electron chi connectivity index (χ3n) is 5.00. The summed E-state index contributed by atoms with van der Waals surface area (Å²) < 4.78 is 5.61. The number of benzene rings is 2. The zero-order valence-electron chi connectivity index (χ0n) is 16.6. The summed E-state index contributed by atoms with van der Waals surface area (Å²) in [6.45, 7) is 6.31. The maximum Gasteiger partial charge on any atom is 0.269 e. The van der Waals surface area contributed by atoms with Crippen LogP contribution < -0.4 is 5.32 Å². The van der Waals surface area contributed by atoms with Gasteiger partial charge in [0.2, 0.25) is 5.91 Å². The summed E-state index contributed by atoms with van der Waals surface area (Å²) in [5.74, 6) is 0.133. The monoisotopic (exact) mass is 396 g/mol. The summed E-state index contributed by atoms with van der Waals surface area (Å²) in [6, 6.07) is 9.68. The van der Waals surface area contributed by atoms with Gasteiger partial charge >= 0.3 is 0 Å². The van der Waals surface area contributed by atoms with E-state index in [4.69, 9.17) is 4.42 Å². The molecule has 1 aromatic heterocycles. The van der Waals surface area contributed by atoms with E-state index < -0.39 is 11.0 Å². The quantitative estimate of drug-likeness (QED) is 0.461. The van der Waals surface area contributed by atoms with Crippen molar-refractivity contribution >= 4 is 22.6 Å². The summed E-state index contributed by atoms with van der Waals surface area (Å²) in [5.41, 5.74) is 4.37. The minimum atomic E-state index is -0.948. The van der Waals surface area contributed by atoms with Gasteiger partial charge in [-0.3, -0.25) is 14.9 Å². The number of hydrogen-bond acceptors (Lipinski definition) is 5. The topological polar surface area (TPSA) is 106 Å². The Kier molecular flexibility index (Phi) is 5.98. The molecule has 0 saturated heterocycles. The lowest BCUT2D eigenvalue weighted by Gasteiger charge is -2.12. The number of carbonyl (C=O) groups excluding carboxylic acids is 1. The first-order valence-electron chi connectivity index (χ1n) is 9.46. The molecule has 0 aliphatic heterocycles. The van der Waals surface area contributed by atoms with E-state index in [1.807, 2.05) is 13.0 Å². The van der Waals surface area contributed by atoms with Crippen LogP contribution in [0.25, 0.3) is 11.0 Å². The van der Waals surface area contributed by atoms with Gasteiger partial charge < -0.3 is 14.8 Å². The first-order chi connectivity index (χ1) is 13.8. The molecule has 152 valence electrons. The van der Waals surface area contributed by atoms with Crippen molar-refractivity contribution in [3.05, 3.63) is 75.0 Å². The van der Waals surface area contributed by atoms with Gasteiger partial charge in [-0.1, -0.05) is 13.8 Å². The molecule has 0 aliphatic rings. The number of fused-ring (bicyclic) bond motifs is 1. The van der Waals surface area contributed by atoms with Crippen molar-refractivity contribution in [2.45, 2.75) is 39.2 Å². The van der Waals surface area contributed by atoms with Crippen molar-refractivity contribution in [3.63, 3.8) is 0 Å². The van der Waals surface area contributed by atoms with Crippen LogP contribution in [0.3, 0.4) is 0 Å². The molecule has 3 aromatic rings. The molecule has 0 radical (unpaired) electrons. The SMILES string of the molecule is Cc1cc2occ(CC(=O)NC[C@@H](O)c3ccc([N+](=O)[O-])cc3)c2cc1C(C)C. The Morgan fingerprint density at radius 3 is 2.55 bits per heavy atom. The number of aryl methyl sites for hydroxylation is 1. The van der Waals surface area contributed by atoms with Gasteiger partial charge in [-0.25, -0.2) is 0 Å². The molecule has 0 aliphatic carbocycles. The predicted molar refractivity (Wildman–Crippen MR) is 110 cm³/mol. The van der Waals surface area contributed by atoms with Crippen LogP contribution in [-0.4, -0.2) is 22.5 Å². The van der Waals surface area contributed by atoms with Gasteiger partial charge in [-0.05, 0) is 53.8 Å². The van der Waals surface area contributed by atoms with Crippen molar-refractivity contribution < 1.29 is 19.2 Å². The van der Waals surface area contributed by atoms with Gasteiger partial charge in [-0.15, -0.1) is 0 Å². The van der Waals surface area contributed by atoms with Gasteiger partial charge in [0.05, 0.1) is 23.7 Å². The summed E-state index contributed by atoms with van der Waals surface area (Å²) in [6.07, 6.45) is 0.789. The molecule has 0 saturated carbocycles. The number of nitro benzene ring substituents is 1. The van der Waals surface area contributed by atoms with Crippen molar-refractivity contribution in [3.8, 4) is 0 Å². The normalized spacial score (nSPS) is 12.3. The number of furan rings is 1. The van der Waals surface area contributed by atoms with Crippen LogP contribution in [0.15, 0.2) is 47.1 Å². The zero-order valence-corrected chi connectivity index (χ0v) is 16.6. The molecule has 1 atom stereocenters. The van der Waals surface area contributed by atoms with Crippen LogP contribution in [0.1, 0.15) is 48.1 Å². The number of aliphatic hydroxyl groups is 1. The second kappa shape index (κ2) is 8.45. The Hall–Kier alpha value is -3.19. The van der Waals surface area contributed by atoms with E-state index >= 15 is 0 Å². The van der Waals surface area contributed by atoms with Gasteiger partial charge in [0.1, 0.15) is 5.58 Å². The highest BCUT2D eigenvalue weighted by Gasteiger charge is 2.16. The highest BCUT2D eigenvalue weighted by molar-refractivity contribution is 5.88. The van der Waals surface area contributed by atoms with E-state index in [9.17, 15) is 20.0 Å². The third-order valence-corrected chi connectivity index (χ3v) is 5.00. The summed E-state index contributed by atoms with van der Waals surface area (Å²) in [7, 11) is 0. The lowest BCUT2D eigenvalue weighted by atomic mass is 9.95. The Labute approximate surface area is 168 Å². The second-order valence-corrected chi connectivity index (χ2v) is 7.47. The molecule has 3 rings (SSSR count). The van der Waals surface area contributed by atoms with Crippen LogP contribution in [-0.2, 0) is 11.2 Å². The fourth-order valence-electron chi connectivity index (χ4n) is 3.39. The average molecular weight is 396 g/mol. The number of carbonyl (C=O) groups is 1. The number of nitro groups is 1. The molecule has 2 aromatic carbocycles. The molecule has 0 fully saturated rings. The Bertz CT molecular complexity index is 1040. The van der Waals surface area contributed by atoms with Gasteiger partial charge in [-0.2, -0.15) is 0 Å². The maximum atomic E-state index is 12.4. The van der Waals surface area contributed by atoms with Crippen molar-refractivity contribution in [2.24, 2.45) is 0 Å². The van der Waals surface area contributed by atoms with E-state index in [0.29, 0.717) is 11.5 Å². The zero-order chi connectivity index (χ0) is 21.1. The second-order valence-electron chi connectivity index (χ2n) is 7.47. The highest BCUT2D eigenvalue weighted by Crippen LogP contribution is 2.29. The van der Waals surface area contributed by atoms with Crippen molar-refractivity contribution in [2.75, 3.05) is 6.54 Å². The number of amides is 1. The number of hydrogen-bond donors (Lipinski definition) is 2. The van der Waals surface area contributed by atoms with Crippen molar-refractivity contribution in [1.29, 1.82) is 0 Å². The molecule has 7 heteroatoms. The largest absolute Gasteiger partial charge is 0.464 e.